The molecule has 150 valence electrons. The number of thiazole rings is 1. The summed E-state index contributed by atoms with van der Waals surface area (Å²) in [5, 5.41) is 0.994. The van der Waals surface area contributed by atoms with E-state index >= 15 is 0 Å². The summed E-state index contributed by atoms with van der Waals surface area (Å²) in [4.78, 5) is 31.3. The smallest absolute Gasteiger partial charge is 0.265 e. The van der Waals surface area contributed by atoms with Crippen LogP contribution in [-0.4, -0.2) is 51.9 Å². The Morgan fingerprint density at radius 3 is 2.38 bits per heavy atom. The first-order valence-corrected chi connectivity index (χ1v) is 10.6. The van der Waals surface area contributed by atoms with Gasteiger partial charge in [-0.2, -0.15) is 0 Å². The van der Waals surface area contributed by atoms with Gasteiger partial charge in [-0.05, 0) is 6.07 Å². The Morgan fingerprint density at radius 2 is 1.72 bits per heavy atom. The number of rotatable bonds is 3. The van der Waals surface area contributed by atoms with Crippen molar-refractivity contribution in [2.75, 3.05) is 31.1 Å². The molecule has 1 aromatic carbocycles. The first kappa shape index (κ1) is 19.5. The van der Waals surface area contributed by atoms with E-state index < -0.39 is 0 Å². The zero-order valence-corrected chi connectivity index (χ0v) is 17.8. The Kier molecular flexibility index (Phi) is 5.32. The predicted octanol–water partition coefficient (Wildman–Crippen LogP) is 3.86. The van der Waals surface area contributed by atoms with Gasteiger partial charge >= 0.3 is 0 Å². The highest BCUT2D eigenvalue weighted by atomic mass is 32.1. The van der Waals surface area contributed by atoms with Gasteiger partial charge in [-0.15, -0.1) is 11.3 Å². The molecule has 1 fully saturated rings. The largest absolute Gasteiger partial charge is 0.353 e. The fourth-order valence-corrected chi connectivity index (χ4v) is 4.21. The lowest BCUT2D eigenvalue weighted by Crippen LogP contribution is -2.48. The van der Waals surface area contributed by atoms with Gasteiger partial charge in [0.2, 0.25) is 0 Å². The highest BCUT2D eigenvalue weighted by Crippen LogP contribution is 2.28. The van der Waals surface area contributed by atoms with Gasteiger partial charge in [0.15, 0.2) is 5.82 Å². The number of hydrogen-bond donors (Lipinski definition) is 0. The summed E-state index contributed by atoms with van der Waals surface area (Å²) in [6, 6.07) is 11.9. The Labute approximate surface area is 175 Å². The van der Waals surface area contributed by atoms with E-state index in [9.17, 15) is 4.79 Å². The second-order valence-corrected chi connectivity index (χ2v) is 9.19. The highest BCUT2D eigenvalue weighted by molar-refractivity contribution is 7.13. The molecule has 1 aliphatic rings. The van der Waals surface area contributed by atoms with Gasteiger partial charge in [0, 0.05) is 43.4 Å². The maximum atomic E-state index is 12.9. The van der Waals surface area contributed by atoms with Crippen LogP contribution in [0.15, 0.2) is 48.8 Å². The van der Waals surface area contributed by atoms with Crippen molar-refractivity contribution in [2.24, 2.45) is 0 Å². The molecule has 0 spiro atoms. The molecule has 0 atom stereocenters. The number of nitrogens with zero attached hydrogens (tertiary/aromatic N) is 5. The van der Waals surface area contributed by atoms with Crippen LogP contribution in [0.1, 0.15) is 35.5 Å². The Bertz CT molecular complexity index is 988. The second-order valence-electron chi connectivity index (χ2n) is 8.16. The summed E-state index contributed by atoms with van der Waals surface area (Å²) >= 11 is 1.50. The molecule has 0 radical (unpaired) electrons. The lowest BCUT2D eigenvalue weighted by molar-refractivity contribution is 0.0751. The normalized spacial score (nSPS) is 14.9. The Hall–Kier alpha value is -2.80. The third kappa shape index (κ3) is 4.29. The fourth-order valence-electron chi connectivity index (χ4n) is 3.27. The van der Waals surface area contributed by atoms with Crippen LogP contribution in [0, 0.1) is 0 Å². The molecule has 7 heteroatoms. The van der Waals surface area contributed by atoms with E-state index in [1.807, 2.05) is 41.3 Å². The van der Waals surface area contributed by atoms with Crippen LogP contribution < -0.4 is 4.90 Å². The van der Waals surface area contributed by atoms with Gasteiger partial charge in [0.25, 0.3) is 5.91 Å². The summed E-state index contributed by atoms with van der Waals surface area (Å²) in [7, 11) is 0. The van der Waals surface area contributed by atoms with Crippen molar-refractivity contribution in [2.45, 2.75) is 26.2 Å². The van der Waals surface area contributed by atoms with Crippen LogP contribution in [0.25, 0.3) is 11.4 Å². The van der Waals surface area contributed by atoms with E-state index in [1.165, 1.54) is 11.3 Å². The number of carbonyl (C=O) groups is 1. The molecule has 1 aliphatic heterocycles. The molecule has 3 heterocycles. The van der Waals surface area contributed by atoms with Crippen molar-refractivity contribution in [1.82, 2.24) is 19.9 Å². The molecule has 29 heavy (non-hydrogen) atoms. The SMILES string of the molecule is CC(C)(C)c1ncc(C(=O)N2CCN(c3ccnc(-c4ccccc4)n3)CC2)s1. The first-order valence-electron chi connectivity index (χ1n) is 9.81. The molecule has 6 nitrogen and oxygen atoms in total. The van der Waals surface area contributed by atoms with E-state index in [2.05, 4.69) is 35.6 Å². The molecule has 0 unspecified atom stereocenters. The summed E-state index contributed by atoms with van der Waals surface area (Å²) in [6.45, 7) is 9.20. The third-order valence-electron chi connectivity index (χ3n) is 4.92. The summed E-state index contributed by atoms with van der Waals surface area (Å²) in [6.07, 6.45) is 3.52. The lowest BCUT2D eigenvalue weighted by Gasteiger charge is -2.35. The van der Waals surface area contributed by atoms with Crippen LogP contribution in [-0.2, 0) is 5.41 Å². The molecule has 2 aromatic heterocycles. The minimum Gasteiger partial charge on any atom is -0.353 e. The minimum absolute atomic E-state index is 0.0363. The molecule has 4 rings (SSSR count). The molecule has 0 N–H and O–H groups in total. The van der Waals surface area contributed by atoms with Crippen LogP contribution in [0.5, 0.6) is 0 Å². The Morgan fingerprint density at radius 1 is 1.00 bits per heavy atom. The molecule has 0 aliphatic carbocycles. The number of amides is 1. The number of aromatic nitrogens is 3. The van der Waals surface area contributed by atoms with Gasteiger partial charge in [-0.1, -0.05) is 51.1 Å². The van der Waals surface area contributed by atoms with E-state index in [4.69, 9.17) is 4.98 Å². The zero-order chi connectivity index (χ0) is 20.4. The van der Waals surface area contributed by atoms with E-state index in [1.54, 1.807) is 12.4 Å². The van der Waals surface area contributed by atoms with Crippen molar-refractivity contribution in [3.8, 4) is 11.4 Å². The predicted molar refractivity (Wildman–Crippen MR) is 116 cm³/mol. The van der Waals surface area contributed by atoms with Crippen molar-refractivity contribution >= 4 is 23.1 Å². The van der Waals surface area contributed by atoms with Crippen molar-refractivity contribution < 1.29 is 4.79 Å². The van der Waals surface area contributed by atoms with Gasteiger partial charge in [0.1, 0.15) is 10.7 Å². The van der Waals surface area contributed by atoms with Gasteiger partial charge in [0.05, 0.1) is 11.2 Å². The van der Waals surface area contributed by atoms with E-state index in [-0.39, 0.29) is 11.3 Å². The summed E-state index contributed by atoms with van der Waals surface area (Å²) < 4.78 is 0. The topological polar surface area (TPSA) is 62.2 Å². The number of piperazine rings is 1. The van der Waals surface area contributed by atoms with Crippen LogP contribution in [0.4, 0.5) is 5.82 Å². The monoisotopic (exact) mass is 407 g/mol. The number of benzene rings is 1. The fraction of sp³-hybridized carbons (Fsp3) is 0.364. The quantitative estimate of drug-likeness (QED) is 0.660. The molecular formula is C22H25N5OS. The number of carbonyl (C=O) groups excluding carboxylic acids is 1. The maximum absolute atomic E-state index is 12.9. The van der Waals surface area contributed by atoms with Crippen molar-refractivity contribution in [3.63, 3.8) is 0 Å². The molecular weight excluding hydrogens is 382 g/mol. The van der Waals surface area contributed by atoms with Crippen molar-refractivity contribution in [1.29, 1.82) is 0 Å². The van der Waals surface area contributed by atoms with Gasteiger partial charge in [-0.25, -0.2) is 15.0 Å². The minimum atomic E-state index is -0.0363. The lowest BCUT2D eigenvalue weighted by atomic mass is 9.98. The van der Waals surface area contributed by atoms with Crippen molar-refractivity contribution in [3.05, 3.63) is 58.7 Å². The summed E-state index contributed by atoms with van der Waals surface area (Å²) in [5.74, 6) is 1.70. The third-order valence-corrected chi connectivity index (χ3v) is 6.33. The number of anilines is 1. The zero-order valence-electron chi connectivity index (χ0n) is 17.0. The average molecular weight is 408 g/mol. The van der Waals surface area contributed by atoms with Crippen LogP contribution >= 0.6 is 11.3 Å². The maximum Gasteiger partial charge on any atom is 0.265 e. The molecule has 1 amide bonds. The molecule has 0 saturated carbocycles. The van der Waals surface area contributed by atoms with Gasteiger partial charge in [-0.3, -0.25) is 4.79 Å². The molecule has 3 aromatic rings. The molecule has 0 bridgehead atoms. The first-order chi connectivity index (χ1) is 13.9. The molecule has 1 saturated heterocycles. The second kappa shape index (κ2) is 7.91. The average Bonchev–Trinajstić information content (AvgIpc) is 3.25. The Balaban J connectivity index is 1.42. The summed E-state index contributed by atoms with van der Waals surface area (Å²) in [5.41, 5.74) is 0.966. The van der Waals surface area contributed by atoms with Crippen LogP contribution in [0.2, 0.25) is 0 Å². The van der Waals surface area contributed by atoms with E-state index in [0.29, 0.717) is 13.1 Å². The highest BCUT2D eigenvalue weighted by Gasteiger charge is 2.26. The van der Waals surface area contributed by atoms with E-state index in [0.717, 1.165) is 40.2 Å². The number of hydrogen-bond acceptors (Lipinski definition) is 6. The van der Waals surface area contributed by atoms with Gasteiger partial charge < -0.3 is 9.80 Å². The standard InChI is InChI=1S/C22H25N5OS/c1-22(2,3)21-24-15-17(29-21)20(28)27-13-11-26(12-14-27)18-9-10-23-19(25-18)16-7-5-4-6-8-16/h4-10,15H,11-14H2,1-3H3. The van der Waals surface area contributed by atoms with Crippen LogP contribution in [0.3, 0.4) is 0 Å².